The fourth-order valence-corrected chi connectivity index (χ4v) is 1.95. The van der Waals surface area contributed by atoms with Crippen LogP contribution in [0.3, 0.4) is 0 Å². The van der Waals surface area contributed by atoms with Gasteiger partial charge in [0.1, 0.15) is 0 Å². The number of urea groups is 1. The lowest BCUT2D eigenvalue weighted by atomic mass is 10.2. The molecule has 0 saturated heterocycles. The van der Waals surface area contributed by atoms with Crippen molar-refractivity contribution in [3.63, 3.8) is 0 Å². The second kappa shape index (κ2) is 6.28. The summed E-state index contributed by atoms with van der Waals surface area (Å²) in [4.78, 5) is 24.4. The first-order valence-electron chi connectivity index (χ1n) is 6.11. The van der Waals surface area contributed by atoms with Crippen LogP contribution in [-0.2, 0) is 0 Å². The minimum absolute atomic E-state index is 0.0643. The van der Waals surface area contributed by atoms with Gasteiger partial charge in [-0.3, -0.25) is 4.90 Å². The Morgan fingerprint density at radius 3 is 2.38 bits per heavy atom. The third-order valence-electron chi connectivity index (χ3n) is 2.91. The molecule has 21 heavy (non-hydrogen) atoms. The highest BCUT2D eigenvalue weighted by atomic mass is 35.5. The number of carbonyl (C=O) groups is 2. The van der Waals surface area contributed by atoms with Crippen LogP contribution in [-0.4, -0.2) is 24.2 Å². The molecule has 5 nitrogen and oxygen atoms in total. The van der Waals surface area contributed by atoms with E-state index in [1.165, 1.54) is 23.1 Å². The maximum atomic E-state index is 12.1. The van der Waals surface area contributed by atoms with Crippen molar-refractivity contribution >= 4 is 35.0 Å². The van der Waals surface area contributed by atoms with Crippen molar-refractivity contribution in [3.8, 4) is 0 Å². The SMILES string of the molecule is CN(C(=O)Nc1ccc(C(=O)O)cc1Cl)c1ccccc1. The predicted molar refractivity (Wildman–Crippen MR) is 82.3 cm³/mol. The van der Waals surface area contributed by atoms with Crippen LogP contribution in [0, 0.1) is 0 Å². The fraction of sp³-hybridized carbons (Fsp3) is 0.0667. The fourth-order valence-electron chi connectivity index (χ4n) is 1.72. The molecule has 0 unspecified atom stereocenters. The molecule has 2 rings (SSSR count). The minimum atomic E-state index is -1.07. The van der Waals surface area contributed by atoms with Gasteiger partial charge in [0.25, 0.3) is 0 Å². The minimum Gasteiger partial charge on any atom is -0.478 e. The molecule has 0 fully saturated rings. The lowest BCUT2D eigenvalue weighted by Crippen LogP contribution is -2.31. The van der Waals surface area contributed by atoms with Gasteiger partial charge in [0.05, 0.1) is 16.3 Å². The van der Waals surface area contributed by atoms with E-state index in [4.69, 9.17) is 16.7 Å². The van der Waals surface area contributed by atoms with Gasteiger partial charge in [-0.1, -0.05) is 29.8 Å². The summed E-state index contributed by atoms with van der Waals surface area (Å²) in [5, 5.41) is 11.7. The van der Waals surface area contributed by atoms with Crippen molar-refractivity contribution in [2.24, 2.45) is 0 Å². The molecule has 2 aromatic carbocycles. The quantitative estimate of drug-likeness (QED) is 0.908. The van der Waals surface area contributed by atoms with E-state index in [9.17, 15) is 9.59 Å². The summed E-state index contributed by atoms with van der Waals surface area (Å²) in [5.41, 5.74) is 1.15. The van der Waals surface area contributed by atoms with Gasteiger partial charge in [0.15, 0.2) is 0 Å². The van der Waals surface area contributed by atoms with E-state index in [0.29, 0.717) is 5.69 Å². The Labute approximate surface area is 126 Å². The number of nitrogens with one attached hydrogen (secondary N) is 1. The summed E-state index contributed by atoms with van der Waals surface area (Å²) in [5.74, 6) is -1.07. The number of hydrogen-bond acceptors (Lipinski definition) is 2. The maximum Gasteiger partial charge on any atom is 0.335 e. The van der Waals surface area contributed by atoms with Crippen LogP contribution in [0.4, 0.5) is 16.2 Å². The zero-order chi connectivity index (χ0) is 15.4. The third-order valence-corrected chi connectivity index (χ3v) is 3.22. The van der Waals surface area contributed by atoms with Gasteiger partial charge >= 0.3 is 12.0 Å². The second-order valence-electron chi connectivity index (χ2n) is 4.32. The van der Waals surface area contributed by atoms with E-state index in [1.54, 1.807) is 19.2 Å². The number of nitrogens with zero attached hydrogens (tertiary/aromatic N) is 1. The van der Waals surface area contributed by atoms with Crippen LogP contribution in [0.25, 0.3) is 0 Å². The van der Waals surface area contributed by atoms with Gasteiger partial charge in [0.2, 0.25) is 0 Å². The first-order valence-corrected chi connectivity index (χ1v) is 6.49. The number of carboxylic acid groups (broad SMARTS) is 1. The van der Waals surface area contributed by atoms with E-state index in [1.807, 2.05) is 18.2 Å². The normalized spacial score (nSPS) is 10.0. The number of halogens is 1. The van der Waals surface area contributed by atoms with Crippen LogP contribution in [0.1, 0.15) is 10.4 Å². The number of rotatable bonds is 3. The third kappa shape index (κ3) is 3.52. The van der Waals surface area contributed by atoms with Gasteiger partial charge in [-0.15, -0.1) is 0 Å². The zero-order valence-electron chi connectivity index (χ0n) is 11.2. The van der Waals surface area contributed by atoms with Crippen molar-refractivity contribution in [2.45, 2.75) is 0 Å². The average molecular weight is 305 g/mol. The van der Waals surface area contributed by atoms with Crippen LogP contribution in [0.5, 0.6) is 0 Å². The Bertz CT molecular complexity index is 674. The second-order valence-corrected chi connectivity index (χ2v) is 4.73. The lowest BCUT2D eigenvalue weighted by molar-refractivity contribution is 0.0697. The van der Waals surface area contributed by atoms with Crippen LogP contribution in [0.15, 0.2) is 48.5 Å². The van der Waals surface area contributed by atoms with Crippen LogP contribution < -0.4 is 10.2 Å². The van der Waals surface area contributed by atoms with Crippen molar-refractivity contribution in [1.29, 1.82) is 0 Å². The highest BCUT2D eigenvalue weighted by Gasteiger charge is 2.13. The topological polar surface area (TPSA) is 69.6 Å². The number of benzene rings is 2. The largest absolute Gasteiger partial charge is 0.478 e. The summed E-state index contributed by atoms with van der Waals surface area (Å²) in [6.45, 7) is 0. The van der Waals surface area contributed by atoms with Crippen molar-refractivity contribution < 1.29 is 14.7 Å². The number of carboxylic acids is 1. The van der Waals surface area contributed by atoms with E-state index in [0.717, 1.165) is 5.69 Å². The standard InChI is InChI=1S/C15H13ClN2O3/c1-18(11-5-3-2-4-6-11)15(21)17-13-8-7-10(14(19)20)9-12(13)16/h2-9H,1H3,(H,17,21)(H,19,20). The molecule has 0 bridgehead atoms. The van der Waals surface area contributed by atoms with Crippen LogP contribution in [0.2, 0.25) is 5.02 Å². The van der Waals surface area contributed by atoms with Gasteiger partial charge < -0.3 is 10.4 Å². The summed E-state index contributed by atoms with van der Waals surface area (Å²) in [6.07, 6.45) is 0. The number of amides is 2. The van der Waals surface area contributed by atoms with Gasteiger partial charge in [-0.05, 0) is 30.3 Å². The first kappa shape index (κ1) is 14.9. The monoisotopic (exact) mass is 304 g/mol. The number of para-hydroxylation sites is 1. The predicted octanol–water partition coefficient (Wildman–Crippen LogP) is 3.71. The molecule has 2 amide bonds. The number of carbonyl (C=O) groups excluding carboxylic acids is 1. The lowest BCUT2D eigenvalue weighted by Gasteiger charge is -2.18. The van der Waals surface area contributed by atoms with Gasteiger partial charge in [0, 0.05) is 12.7 Å². The number of hydrogen-bond donors (Lipinski definition) is 2. The molecule has 108 valence electrons. The molecule has 0 spiro atoms. The molecule has 0 heterocycles. The highest BCUT2D eigenvalue weighted by Crippen LogP contribution is 2.24. The highest BCUT2D eigenvalue weighted by molar-refractivity contribution is 6.34. The Balaban J connectivity index is 2.15. The maximum absolute atomic E-state index is 12.1. The van der Waals surface area contributed by atoms with E-state index >= 15 is 0 Å². The molecule has 0 aliphatic rings. The number of anilines is 2. The molecular formula is C15H13ClN2O3. The average Bonchev–Trinajstić information content (AvgIpc) is 2.49. The molecular weight excluding hydrogens is 292 g/mol. The van der Waals surface area contributed by atoms with Crippen molar-refractivity contribution in [2.75, 3.05) is 17.3 Å². The molecule has 6 heteroatoms. The summed E-state index contributed by atoms with van der Waals surface area (Å²) in [6, 6.07) is 12.9. The van der Waals surface area contributed by atoms with E-state index in [-0.39, 0.29) is 16.6 Å². The Kier molecular flexibility index (Phi) is 4.45. The molecule has 2 aromatic rings. The molecule has 0 saturated carbocycles. The first-order chi connectivity index (χ1) is 9.99. The van der Waals surface area contributed by atoms with Gasteiger partial charge in [-0.2, -0.15) is 0 Å². The Hall–Kier alpha value is -2.53. The van der Waals surface area contributed by atoms with Crippen LogP contribution >= 0.6 is 11.6 Å². The van der Waals surface area contributed by atoms with Crippen molar-refractivity contribution in [3.05, 3.63) is 59.1 Å². The molecule has 0 aromatic heterocycles. The molecule has 2 N–H and O–H groups in total. The van der Waals surface area contributed by atoms with E-state index in [2.05, 4.69) is 5.32 Å². The summed E-state index contributed by atoms with van der Waals surface area (Å²) in [7, 11) is 1.63. The summed E-state index contributed by atoms with van der Waals surface area (Å²) < 4.78 is 0. The van der Waals surface area contributed by atoms with E-state index < -0.39 is 5.97 Å². The molecule has 0 aliphatic heterocycles. The Morgan fingerprint density at radius 2 is 1.81 bits per heavy atom. The molecule has 0 atom stereocenters. The van der Waals surface area contributed by atoms with Crippen molar-refractivity contribution in [1.82, 2.24) is 0 Å². The molecule has 0 radical (unpaired) electrons. The Morgan fingerprint density at radius 1 is 1.14 bits per heavy atom. The number of aromatic carboxylic acids is 1. The smallest absolute Gasteiger partial charge is 0.335 e. The summed E-state index contributed by atoms with van der Waals surface area (Å²) >= 11 is 5.97. The molecule has 0 aliphatic carbocycles. The van der Waals surface area contributed by atoms with Gasteiger partial charge in [-0.25, -0.2) is 9.59 Å². The zero-order valence-corrected chi connectivity index (χ0v) is 12.0.